The van der Waals surface area contributed by atoms with E-state index in [0.717, 1.165) is 5.56 Å². The van der Waals surface area contributed by atoms with Crippen molar-refractivity contribution < 1.29 is 23.5 Å². The minimum absolute atomic E-state index is 0.154. The predicted octanol–water partition coefficient (Wildman–Crippen LogP) is 2.71. The van der Waals surface area contributed by atoms with Crippen molar-refractivity contribution in [2.45, 2.75) is 20.3 Å². The number of nitrogens with one attached hydrogen (secondary N) is 2. The predicted molar refractivity (Wildman–Crippen MR) is 104 cm³/mol. The Morgan fingerprint density at radius 3 is 2.43 bits per heavy atom. The molecule has 0 saturated heterocycles. The summed E-state index contributed by atoms with van der Waals surface area (Å²) >= 11 is 0. The van der Waals surface area contributed by atoms with Gasteiger partial charge in [0.1, 0.15) is 5.82 Å². The minimum Gasteiger partial charge on any atom is -0.490 e. The van der Waals surface area contributed by atoms with Crippen LogP contribution >= 0.6 is 0 Å². The molecule has 2 N–H and O–H groups in total. The summed E-state index contributed by atoms with van der Waals surface area (Å²) in [4.78, 5) is 24.2. The molecule has 2 aromatic rings. The average molecular weight is 388 g/mol. The minimum atomic E-state index is -0.385. The third kappa shape index (κ3) is 6.57. The second-order valence-corrected chi connectivity index (χ2v) is 5.94. The van der Waals surface area contributed by atoms with Gasteiger partial charge in [0.15, 0.2) is 11.5 Å². The van der Waals surface area contributed by atoms with E-state index >= 15 is 0 Å². The van der Waals surface area contributed by atoms with Gasteiger partial charge >= 0.3 is 0 Å². The first-order valence-electron chi connectivity index (χ1n) is 9.22. The van der Waals surface area contributed by atoms with E-state index in [1.165, 1.54) is 12.1 Å². The van der Waals surface area contributed by atoms with Gasteiger partial charge in [-0.3, -0.25) is 9.59 Å². The van der Waals surface area contributed by atoms with Crippen molar-refractivity contribution in [2.75, 3.05) is 26.3 Å². The normalized spacial score (nSPS) is 10.2. The summed E-state index contributed by atoms with van der Waals surface area (Å²) in [6, 6.07) is 11.1. The van der Waals surface area contributed by atoms with Gasteiger partial charge in [0.25, 0.3) is 5.91 Å². The van der Waals surface area contributed by atoms with Gasteiger partial charge in [0, 0.05) is 12.1 Å². The Kier molecular flexibility index (Phi) is 8.27. The zero-order valence-electron chi connectivity index (χ0n) is 16.1. The summed E-state index contributed by atoms with van der Waals surface area (Å²) in [5, 5.41) is 5.26. The Bertz CT molecular complexity index is 811. The topological polar surface area (TPSA) is 76.7 Å². The Labute approximate surface area is 164 Å². The second-order valence-electron chi connectivity index (χ2n) is 5.94. The molecule has 7 heteroatoms. The Hall–Kier alpha value is -3.09. The maximum absolute atomic E-state index is 13.1. The molecule has 0 spiro atoms. The van der Waals surface area contributed by atoms with Crippen LogP contribution in [0.3, 0.4) is 0 Å². The van der Waals surface area contributed by atoms with Crippen LogP contribution in [0.4, 0.5) is 4.39 Å². The first kappa shape index (κ1) is 21.2. The third-order valence-corrected chi connectivity index (χ3v) is 3.84. The summed E-state index contributed by atoms with van der Waals surface area (Å²) in [5.41, 5.74) is 1.17. The lowest BCUT2D eigenvalue weighted by molar-refractivity contribution is -0.120. The second kappa shape index (κ2) is 10.9. The Balaban J connectivity index is 1.82. The zero-order valence-corrected chi connectivity index (χ0v) is 16.1. The van der Waals surface area contributed by atoms with Crippen LogP contribution in [0.1, 0.15) is 29.8 Å². The lowest BCUT2D eigenvalue weighted by Gasteiger charge is -2.12. The van der Waals surface area contributed by atoms with E-state index in [1.807, 2.05) is 13.8 Å². The fourth-order valence-corrected chi connectivity index (χ4v) is 2.56. The molecule has 0 bridgehead atoms. The quantitative estimate of drug-likeness (QED) is 0.656. The number of carbonyl (C=O) groups is 2. The van der Waals surface area contributed by atoms with Crippen LogP contribution in [-0.2, 0) is 11.2 Å². The maximum Gasteiger partial charge on any atom is 0.251 e. The van der Waals surface area contributed by atoms with Gasteiger partial charge in [-0.1, -0.05) is 12.1 Å². The molecule has 2 aromatic carbocycles. The van der Waals surface area contributed by atoms with Gasteiger partial charge in [0.2, 0.25) is 5.91 Å². The molecule has 0 heterocycles. The summed E-state index contributed by atoms with van der Waals surface area (Å²) in [6.07, 6.45) is 0.508. The highest BCUT2D eigenvalue weighted by Gasteiger charge is 2.12. The maximum atomic E-state index is 13.1. The van der Waals surface area contributed by atoms with Crippen LogP contribution in [0.15, 0.2) is 42.5 Å². The fourth-order valence-electron chi connectivity index (χ4n) is 2.56. The zero-order chi connectivity index (χ0) is 20.4. The molecule has 0 aromatic heterocycles. The Morgan fingerprint density at radius 2 is 1.71 bits per heavy atom. The summed E-state index contributed by atoms with van der Waals surface area (Å²) in [5.74, 6) is 0.0374. The van der Waals surface area contributed by atoms with E-state index < -0.39 is 0 Å². The number of hydrogen-bond acceptors (Lipinski definition) is 4. The summed E-state index contributed by atoms with van der Waals surface area (Å²) in [7, 11) is 0. The van der Waals surface area contributed by atoms with Crippen LogP contribution in [-0.4, -0.2) is 38.1 Å². The highest BCUT2D eigenvalue weighted by molar-refractivity contribution is 5.97. The molecule has 150 valence electrons. The molecule has 6 nitrogen and oxygen atoms in total. The number of rotatable bonds is 10. The van der Waals surface area contributed by atoms with E-state index in [2.05, 4.69) is 10.6 Å². The van der Waals surface area contributed by atoms with Crippen molar-refractivity contribution in [1.29, 1.82) is 0 Å². The van der Waals surface area contributed by atoms with Crippen molar-refractivity contribution in [2.24, 2.45) is 0 Å². The molecular formula is C21H25FN2O4. The van der Waals surface area contributed by atoms with Gasteiger partial charge in [-0.25, -0.2) is 4.39 Å². The standard InChI is InChI=1S/C21H25FN2O4/c1-3-27-18-9-8-16(13-19(18)28-4-2)21(26)24-14-20(25)23-11-10-15-6-5-7-17(22)12-15/h5-9,12-13H,3-4,10-11,14H2,1-2H3,(H,23,25)(H,24,26). The van der Waals surface area contributed by atoms with Crippen molar-refractivity contribution in [3.63, 3.8) is 0 Å². The van der Waals surface area contributed by atoms with Crippen molar-refractivity contribution in [3.05, 3.63) is 59.4 Å². The van der Waals surface area contributed by atoms with Crippen LogP contribution in [0.5, 0.6) is 11.5 Å². The third-order valence-electron chi connectivity index (χ3n) is 3.84. The largest absolute Gasteiger partial charge is 0.490 e. The van der Waals surface area contributed by atoms with E-state index in [0.29, 0.717) is 43.2 Å². The molecule has 0 unspecified atom stereocenters. The van der Waals surface area contributed by atoms with E-state index in [9.17, 15) is 14.0 Å². The van der Waals surface area contributed by atoms with Crippen molar-refractivity contribution in [3.8, 4) is 11.5 Å². The smallest absolute Gasteiger partial charge is 0.251 e. The number of amides is 2. The van der Waals surface area contributed by atoms with E-state index in [1.54, 1.807) is 30.3 Å². The molecule has 0 saturated carbocycles. The number of carbonyl (C=O) groups excluding carboxylic acids is 2. The highest BCUT2D eigenvalue weighted by Crippen LogP contribution is 2.28. The highest BCUT2D eigenvalue weighted by atomic mass is 19.1. The number of benzene rings is 2. The number of ether oxygens (including phenoxy) is 2. The molecule has 2 rings (SSSR count). The molecule has 0 aliphatic rings. The Morgan fingerprint density at radius 1 is 0.964 bits per heavy atom. The van der Waals surface area contributed by atoms with Crippen LogP contribution in [0.25, 0.3) is 0 Å². The molecule has 0 fully saturated rings. The van der Waals surface area contributed by atoms with Gasteiger partial charge < -0.3 is 20.1 Å². The number of halogens is 1. The fraction of sp³-hybridized carbons (Fsp3) is 0.333. The SMILES string of the molecule is CCOc1ccc(C(=O)NCC(=O)NCCc2cccc(F)c2)cc1OCC. The molecular weight excluding hydrogens is 363 g/mol. The lowest BCUT2D eigenvalue weighted by Crippen LogP contribution is -2.37. The van der Waals surface area contributed by atoms with Crippen LogP contribution < -0.4 is 20.1 Å². The van der Waals surface area contributed by atoms with Crippen LogP contribution in [0, 0.1) is 5.82 Å². The number of hydrogen-bond donors (Lipinski definition) is 2. The molecule has 0 atom stereocenters. The van der Waals surface area contributed by atoms with Gasteiger partial charge in [0.05, 0.1) is 19.8 Å². The molecule has 0 aliphatic heterocycles. The lowest BCUT2D eigenvalue weighted by atomic mass is 10.1. The first-order valence-corrected chi connectivity index (χ1v) is 9.22. The van der Waals surface area contributed by atoms with Gasteiger partial charge in [-0.2, -0.15) is 0 Å². The molecule has 0 radical (unpaired) electrons. The van der Waals surface area contributed by atoms with Crippen molar-refractivity contribution in [1.82, 2.24) is 10.6 Å². The van der Waals surface area contributed by atoms with Crippen molar-refractivity contribution >= 4 is 11.8 Å². The summed E-state index contributed by atoms with van der Waals surface area (Å²) < 4.78 is 24.1. The molecule has 0 aliphatic carbocycles. The molecule has 28 heavy (non-hydrogen) atoms. The van der Waals surface area contributed by atoms with Gasteiger partial charge in [-0.15, -0.1) is 0 Å². The first-order chi connectivity index (χ1) is 13.5. The average Bonchev–Trinajstić information content (AvgIpc) is 2.68. The monoisotopic (exact) mass is 388 g/mol. The van der Waals surface area contributed by atoms with E-state index in [4.69, 9.17) is 9.47 Å². The molecule has 2 amide bonds. The summed E-state index contributed by atoms with van der Waals surface area (Å²) in [6.45, 7) is 4.84. The van der Waals surface area contributed by atoms with E-state index in [-0.39, 0.29) is 24.2 Å². The van der Waals surface area contributed by atoms with Gasteiger partial charge in [-0.05, 0) is 56.2 Å². The van der Waals surface area contributed by atoms with Crippen LogP contribution in [0.2, 0.25) is 0 Å².